The zero-order chi connectivity index (χ0) is 14.3. The maximum Gasteiger partial charge on any atom is 0.152 e. The van der Waals surface area contributed by atoms with Crippen molar-refractivity contribution in [1.29, 1.82) is 0 Å². The number of carbonyl (C=O) groups excluding carboxylic acids is 1. The van der Waals surface area contributed by atoms with Gasteiger partial charge in [0.2, 0.25) is 0 Å². The molecule has 0 unspecified atom stereocenters. The topological polar surface area (TPSA) is 17.1 Å². The van der Waals surface area contributed by atoms with Crippen LogP contribution >= 0.6 is 0 Å². The van der Waals surface area contributed by atoms with Crippen LogP contribution in [-0.4, -0.2) is 5.78 Å². The van der Waals surface area contributed by atoms with Crippen molar-refractivity contribution in [3.8, 4) is 0 Å². The fourth-order valence-corrected chi connectivity index (χ4v) is 2.92. The highest BCUT2D eigenvalue weighted by molar-refractivity contribution is 5.91. The molecular weight excluding hydrogens is 232 g/mol. The Kier molecular flexibility index (Phi) is 3.42. The minimum atomic E-state index is 0.0947. The molecule has 1 aliphatic carbocycles. The number of hydrogen-bond acceptors (Lipinski definition) is 1. The van der Waals surface area contributed by atoms with E-state index >= 15 is 0 Å². The molecule has 0 aliphatic heterocycles. The van der Waals surface area contributed by atoms with Gasteiger partial charge in [0.25, 0.3) is 0 Å². The Hall–Kier alpha value is -1.37. The summed E-state index contributed by atoms with van der Waals surface area (Å²) in [5.41, 5.74) is 4.51. The number of benzene rings is 1. The third-order valence-electron chi connectivity index (χ3n) is 4.39. The summed E-state index contributed by atoms with van der Waals surface area (Å²) < 4.78 is 0. The van der Waals surface area contributed by atoms with Crippen LogP contribution in [0.4, 0.5) is 0 Å². The van der Waals surface area contributed by atoms with E-state index in [4.69, 9.17) is 0 Å². The van der Waals surface area contributed by atoms with Crippen molar-refractivity contribution < 1.29 is 4.79 Å². The van der Waals surface area contributed by atoms with E-state index in [1.54, 1.807) is 13.0 Å². The molecule has 0 saturated heterocycles. The van der Waals surface area contributed by atoms with Gasteiger partial charge in [0.1, 0.15) is 0 Å². The highest BCUT2D eigenvalue weighted by Gasteiger charge is 2.36. The number of allylic oxidation sites excluding steroid dienone is 1. The molecule has 0 heterocycles. The molecule has 0 radical (unpaired) electrons. The third kappa shape index (κ3) is 2.80. The smallest absolute Gasteiger partial charge is 0.152 e. The van der Waals surface area contributed by atoms with Crippen molar-refractivity contribution >= 4 is 11.9 Å². The van der Waals surface area contributed by atoms with E-state index < -0.39 is 0 Å². The summed E-state index contributed by atoms with van der Waals surface area (Å²) in [5.74, 6) is 0.0947. The van der Waals surface area contributed by atoms with Crippen molar-refractivity contribution in [1.82, 2.24) is 0 Å². The second-order valence-electron chi connectivity index (χ2n) is 7.02. The summed E-state index contributed by atoms with van der Waals surface area (Å²) in [4.78, 5) is 11.0. The fourth-order valence-electron chi connectivity index (χ4n) is 2.92. The summed E-state index contributed by atoms with van der Waals surface area (Å²) in [6.07, 6.45) is 6.01. The summed E-state index contributed by atoms with van der Waals surface area (Å²) in [5, 5.41) is 0. The zero-order valence-electron chi connectivity index (χ0n) is 12.7. The van der Waals surface area contributed by atoms with Crippen molar-refractivity contribution in [3.05, 3.63) is 41.0 Å². The maximum atomic E-state index is 11.0. The molecule has 1 heteroatoms. The molecule has 2 rings (SSSR count). The van der Waals surface area contributed by atoms with Gasteiger partial charge in [-0.25, -0.2) is 0 Å². The van der Waals surface area contributed by atoms with Gasteiger partial charge in [-0.1, -0.05) is 52.0 Å². The van der Waals surface area contributed by atoms with Gasteiger partial charge in [0, 0.05) is 0 Å². The number of carbonyl (C=O) groups is 1. The molecule has 0 saturated carbocycles. The standard InChI is InChI=1S/C18H24O/c1-13(19)6-7-14-8-9-15-16(12-14)18(4,5)11-10-17(15,2)3/h6-9,12H,10-11H2,1-5H3. The first-order valence-corrected chi connectivity index (χ1v) is 7.06. The Morgan fingerprint density at radius 2 is 1.63 bits per heavy atom. The van der Waals surface area contributed by atoms with Gasteiger partial charge in [-0.2, -0.15) is 0 Å². The number of fused-ring (bicyclic) bond motifs is 1. The van der Waals surface area contributed by atoms with Gasteiger partial charge >= 0.3 is 0 Å². The van der Waals surface area contributed by atoms with Gasteiger partial charge in [-0.3, -0.25) is 4.79 Å². The van der Waals surface area contributed by atoms with Gasteiger partial charge < -0.3 is 0 Å². The summed E-state index contributed by atoms with van der Waals surface area (Å²) in [6, 6.07) is 6.63. The Morgan fingerprint density at radius 3 is 2.21 bits per heavy atom. The molecule has 1 aromatic rings. The molecule has 0 fully saturated rings. The van der Waals surface area contributed by atoms with Crippen LogP contribution < -0.4 is 0 Å². The van der Waals surface area contributed by atoms with E-state index in [2.05, 4.69) is 45.9 Å². The van der Waals surface area contributed by atoms with E-state index in [1.165, 1.54) is 24.0 Å². The molecule has 1 aliphatic rings. The van der Waals surface area contributed by atoms with E-state index in [0.29, 0.717) is 0 Å². The van der Waals surface area contributed by atoms with Crippen molar-refractivity contribution in [2.75, 3.05) is 0 Å². The molecule has 0 bridgehead atoms. The molecule has 1 aromatic carbocycles. The lowest BCUT2D eigenvalue weighted by Crippen LogP contribution is -2.33. The SMILES string of the molecule is CC(=O)C=Cc1ccc2c(c1)C(C)(C)CCC2(C)C. The van der Waals surface area contributed by atoms with Gasteiger partial charge in [0.05, 0.1) is 0 Å². The van der Waals surface area contributed by atoms with Gasteiger partial charge in [-0.15, -0.1) is 0 Å². The minimum absolute atomic E-state index is 0.0947. The average molecular weight is 256 g/mol. The van der Waals surface area contributed by atoms with Crippen molar-refractivity contribution in [2.24, 2.45) is 0 Å². The molecule has 0 spiro atoms. The lowest BCUT2D eigenvalue weighted by Gasteiger charge is -2.42. The van der Waals surface area contributed by atoms with Gasteiger partial charge in [-0.05, 0) is 53.4 Å². The third-order valence-corrected chi connectivity index (χ3v) is 4.39. The molecule has 0 amide bonds. The lowest BCUT2D eigenvalue weighted by molar-refractivity contribution is -0.112. The van der Waals surface area contributed by atoms with Crippen LogP contribution in [0.5, 0.6) is 0 Å². The largest absolute Gasteiger partial charge is 0.295 e. The Morgan fingerprint density at radius 1 is 1.05 bits per heavy atom. The molecule has 1 nitrogen and oxygen atoms in total. The molecule has 102 valence electrons. The normalized spacial score (nSPS) is 20.3. The monoisotopic (exact) mass is 256 g/mol. The number of rotatable bonds is 2. The first-order valence-electron chi connectivity index (χ1n) is 7.06. The van der Waals surface area contributed by atoms with Gasteiger partial charge in [0.15, 0.2) is 5.78 Å². The zero-order valence-corrected chi connectivity index (χ0v) is 12.7. The Balaban J connectivity index is 2.50. The van der Waals surface area contributed by atoms with Crippen LogP contribution in [-0.2, 0) is 15.6 Å². The van der Waals surface area contributed by atoms with E-state index in [9.17, 15) is 4.79 Å². The van der Waals surface area contributed by atoms with Crippen LogP contribution in [0.2, 0.25) is 0 Å². The fraction of sp³-hybridized carbons (Fsp3) is 0.500. The Labute approximate surface area is 116 Å². The predicted octanol–water partition coefficient (Wildman–Crippen LogP) is 4.64. The number of hydrogen-bond donors (Lipinski definition) is 0. The highest BCUT2D eigenvalue weighted by Crippen LogP contribution is 2.45. The molecule has 0 N–H and O–H groups in total. The summed E-state index contributed by atoms with van der Waals surface area (Å²) >= 11 is 0. The number of ketones is 1. The summed E-state index contributed by atoms with van der Waals surface area (Å²) in [6.45, 7) is 10.9. The second kappa shape index (κ2) is 4.63. The van der Waals surface area contributed by atoms with E-state index in [1.807, 2.05) is 6.08 Å². The van der Waals surface area contributed by atoms with Crippen molar-refractivity contribution in [2.45, 2.75) is 58.3 Å². The Bertz CT molecular complexity index is 533. The van der Waals surface area contributed by atoms with E-state index in [-0.39, 0.29) is 16.6 Å². The highest BCUT2D eigenvalue weighted by atomic mass is 16.1. The van der Waals surface area contributed by atoms with Crippen LogP contribution in [0.15, 0.2) is 24.3 Å². The van der Waals surface area contributed by atoms with Crippen LogP contribution in [0.1, 0.15) is 64.2 Å². The molecule has 19 heavy (non-hydrogen) atoms. The van der Waals surface area contributed by atoms with Crippen LogP contribution in [0.25, 0.3) is 6.08 Å². The van der Waals surface area contributed by atoms with Crippen LogP contribution in [0.3, 0.4) is 0 Å². The molecule has 0 atom stereocenters. The lowest BCUT2D eigenvalue weighted by atomic mass is 9.63. The quantitative estimate of drug-likeness (QED) is 0.705. The van der Waals surface area contributed by atoms with E-state index in [0.717, 1.165) is 5.56 Å². The average Bonchev–Trinajstić information content (AvgIpc) is 2.32. The maximum absolute atomic E-state index is 11.0. The predicted molar refractivity (Wildman–Crippen MR) is 81.4 cm³/mol. The van der Waals surface area contributed by atoms with Crippen molar-refractivity contribution in [3.63, 3.8) is 0 Å². The first-order chi connectivity index (χ1) is 8.72. The second-order valence-corrected chi connectivity index (χ2v) is 7.02. The molecular formula is C18H24O. The van der Waals surface area contributed by atoms with Crippen LogP contribution in [0, 0.1) is 0 Å². The minimum Gasteiger partial charge on any atom is -0.295 e. The summed E-state index contributed by atoms with van der Waals surface area (Å²) in [7, 11) is 0. The first kappa shape index (κ1) is 14.0. The molecule has 0 aromatic heterocycles.